The largest absolute Gasteiger partial charge is 0.493 e. The lowest BCUT2D eigenvalue weighted by Gasteiger charge is -2.27. The fraction of sp³-hybridized carbons (Fsp3) is 0.562. The zero-order chi connectivity index (χ0) is 14.5. The van der Waals surface area contributed by atoms with E-state index in [0.717, 1.165) is 43.8 Å². The third-order valence-electron chi connectivity index (χ3n) is 4.05. The van der Waals surface area contributed by atoms with Crippen LogP contribution in [0.3, 0.4) is 0 Å². The van der Waals surface area contributed by atoms with E-state index in [1.807, 2.05) is 18.2 Å². The number of ether oxygens (including phenoxy) is 2. The standard InChI is InChI=1S/C16H22N2O3/c19-16(18-12-5-8-20-9-6-12)11-17-14-7-10-21-15-4-2-1-3-13(14)15/h1-4,12,14,17H,5-11H2,(H,18,19). The minimum Gasteiger partial charge on any atom is -0.493 e. The van der Waals surface area contributed by atoms with Crippen LogP contribution in [0.15, 0.2) is 24.3 Å². The van der Waals surface area contributed by atoms with Crippen molar-refractivity contribution in [3.63, 3.8) is 0 Å². The summed E-state index contributed by atoms with van der Waals surface area (Å²) >= 11 is 0. The van der Waals surface area contributed by atoms with E-state index >= 15 is 0 Å². The SMILES string of the molecule is O=C(CNC1CCOc2ccccc21)NC1CCOCC1. The maximum absolute atomic E-state index is 12.0. The van der Waals surface area contributed by atoms with Gasteiger partial charge < -0.3 is 20.1 Å². The molecule has 5 heteroatoms. The number of carbonyl (C=O) groups is 1. The van der Waals surface area contributed by atoms with Crippen LogP contribution >= 0.6 is 0 Å². The van der Waals surface area contributed by atoms with Crippen molar-refractivity contribution in [1.82, 2.24) is 10.6 Å². The highest BCUT2D eigenvalue weighted by molar-refractivity contribution is 5.78. The maximum Gasteiger partial charge on any atom is 0.234 e. The van der Waals surface area contributed by atoms with Crippen molar-refractivity contribution in [1.29, 1.82) is 0 Å². The molecule has 1 fully saturated rings. The van der Waals surface area contributed by atoms with Gasteiger partial charge in [-0.1, -0.05) is 18.2 Å². The number of amides is 1. The van der Waals surface area contributed by atoms with Crippen molar-refractivity contribution in [3.8, 4) is 5.75 Å². The Morgan fingerprint density at radius 3 is 2.81 bits per heavy atom. The molecule has 1 amide bonds. The van der Waals surface area contributed by atoms with Gasteiger partial charge in [0.2, 0.25) is 5.91 Å². The molecule has 0 aromatic heterocycles. The lowest BCUT2D eigenvalue weighted by molar-refractivity contribution is -0.121. The normalized spacial score (nSPS) is 22.2. The van der Waals surface area contributed by atoms with Gasteiger partial charge in [-0.25, -0.2) is 0 Å². The van der Waals surface area contributed by atoms with Crippen molar-refractivity contribution >= 4 is 5.91 Å². The predicted octanol–water partition coefficient (Wildman–Crippen LogP) is 1.39. The first kappa shape index (κ1) is 14.4. The third kappa shape index (κ3) is 3.74. The first-order chi connectivity index (χ1) is 10.3. The van der Waals surface area contributed by atoms with Gasteiger partial charge in [0, 0.05) is 37.3 Å². The zero-order valence-corrected chi connectivity index (χ0v) is 12.1. The number of hydrogen-bond acceptors (Lipinski definition) is 4. The van der Waals surface area contributed by atoms with Gasteiger partial charge in [0.1, 0.15) is 5.75 Å². The highest BCUT2D eigenvalue weighted by Crippen LogP contribution is 2.31. The summed E-state index contributed by atoms with van der Waals surface area (Å²) in [5.41, 5.74) is 1.14. The summed E-state index contributed by atoms with van der Waals surface area (Å²) < 4.78 is 10.9. The Morgan fingerprint density at radius 2 is 1.95 bits per heavy atom. The molecule has 0 bridgehead atoms. The van der Waals surface area contributed by atoms with E-state index in [0.29, 0.717) is 13.2 Å². The highest BCUT2D eigenvalue weighted by Gasteiger charge is 2.22. The molecule has 1 atom stereocenters. The van der Waals surface area contributed by atoms with Crippen molar-refractivity contribution < 1.29 is 14.3 Å². The van der Waals surface area contributed by atoms with Crippen LogP contribution in [-0.2, 0) is 9.53 Å². The summed E-state index contributed by atoms with van der Waals surface area (Å²) in [6, 6.07) is 8.46. The summed E-state index contributed by atoms with van der Waals surface area (Å²) in [6.07, 6.45) is 2.71. The summed E-state index contributed by atoms with van der Waals surface area (Å²) in [6.45, 7) is 2.52. The number of para-hydroxylation sites is 1. The van der Waals surface area contributed by atoms with Gasteiger partial charge in [-0.3, -0.25) is 4.79 Å². The molecular weight excluding hydrogens is 268 g/mol. The average Bonchev–Trinajstić information content (AvgIpc) is 2.54. The topological polar surface area (TPSA) is 59.6 Å². The summed E-state index contributed by atoms with van der Waals surface area (Å²) in [7, 11) is 0. The van der Waals surface area contributed by atoms with Crippen LogP contribution in [0.25, 0.3) is 0 Å². The quantitative estimate of drug-likeness (QED) is 0.880. The van der Waals surface area contributed by atoms with E-state index in [1.54, 1.807) is 0 Å². The van der Waals surface area contributed by atoms with E-state index in [2.05, 4.69) is 16.7 Å². The monoisotopic (exact) mass is 290 g/mol. The zero-order valence-electron chi connectivity index (χ0n) is 12.1. The van der Waals surface area contributed by atoms with Gasteiger partial charge in [-0.2, -0.15) is 0 Å². The number of hydrogen-bond donors (Lipinski definition) is 2. The molecule has 1 unspecified atom stereocenters. The van der Waals surface area contributed by atoms with Crippen molar-refractivity contribution in [2.75, 3.05) is 26.4 Å². The summed E-state index contributed by atoms with van der Waals surface area (Å²) in [5.74, 6) is 0.983. The molecule has 2 aliphatic heterocycles. The predicted molar refractivity (Wildman–Crippen MR) is 79.3 cm³/mol. The number of nitrogens with one attached hydrogen (secondary N) is 2. The molecule has 2 aliphatic rings. The lowest BCUT2D eigenvalue weighted by Crippen LogP contribution is -2.44. The van der Waals surface area contributed by atoms with Crippen molar-refractivity contribution in [2.45, 2.75) is 31.3 Å². The third-order valence-corrected chi connectivity index (χ3v) is 4.05. The van der Waals surface area contributed by atoms with Crippen molar-refractivity contribution in [2.24, 2.45) is 0 Å². The van der Waals surface area contributed by atoms with Crippen LogP contribution in [0.2, 0.25) is 0 Å². The second-order valence-corrected chi connectivity index (χ2v) is 5.56. The molecule has 114 valence electrons. The highest BCUT2D eigenvalue weighted by atomic mass is 16.5. The van der Waals surface area contributed by atoms with E-state index < -0.39 is 0 Å². The number of fused-ring (bicyclic) bond motifs is 1. The van der Waals surface area contributed by atoms with Gasteiger partial charge >= 0.3 is 0 Å². The minimum absolute atomic E-state index is 0.0610. The first-order valence-electron chi connectivity index (χ1n) is 7.65. The Morgan fingerprint density at radius 1 is 1.14 bits per heavy atom. The maximum atomic E-state index is 12.0. The molecule has 1 aromatic rings. The van der Waals surface area contributed by atoms with Crippen LogP contribution in [-0.4, -0.2) is 38.3 Å². The molecule has 21 heavy (non-hydrogen) atoms. The Labute approximate surface area is 125 Å². The smallest absolute Gasteiger partial charge is 0.234 e. The Hall–Kier alpha value is -1.59. The molecule has 0 aliphatic carbocycles. The molecule has 1 aromatic carbocycles. The van der Waals surface area contributed by atoms with Crippen LogP contribution in [0.1, 0.15) is 30.9 Å². The van der Waals surface area contributed by atoms with Gasteiger partial charge in [-0.15, -0.1) is 0 Å². The molecule has 2 N–H and O–H groups in total. The molecule has 0 saturated carbocycles. The van der Waals surface area contributed by atoms with E-state index in [4.69, 9.17) is 9.47 Å². The van der Waals surface area contributed by atoms with Crippen LogP contribution in [0.4, 0.5) is 0 Å². The summed E-state index contributed by atoms with van der Waals surface area (Å²) in [4.78, 5) is 12.0. The molecule has 1 saturated heterocycles. The number of benzene rings is 1. The molecule has 3 rings (SSSR count). The first-order valence-corrected chi connectivity index (χ1v) is 7.65. The van der Waals surface area contributed by atoms with Gasteiger partial charge in [-0.05, 0) is 18.9 Å². The van der Waals surface area contributed by atoms with Crippen molar-refractivity contribution in [3.05, 3.63) is 29.8 Å². The summed E-state index contributed by atoms with van der Waals surface area (Å²) in [5, 5.41) is 6.41. The number of carbonyl (C=O) groups excluding carboxylic acids is 1. The average molecular weight is 290 g/mol. The van der Waals surface area contributed by atoms with Crippen LogP contribution in [0.5, 0.6) is 5.75 Å². The van der Waals surface area contributed by atoms with E-state index in [1.165, 1.54) is 0 Å². The molecular formula is C16H22N2O3. The molecule has 0 spiro atoms. The van der Waals surface area contributed by atoms with E-state index in [9.17, 15) is 4.79 Å². The van der Waals surface area contributed by atoms with E-state index in [-0.39, 0.29) is 18.0 Å². The van der Waals surface area contributed by atoms with Crippen LogP contribution < -0.4 is 15.4 Å². The van der Waals surface area contributed by atoms with Gasteiger partial charge in [0.25, 0.3) is 0 Å². The van der Waals surface area contributed by atoms with Gasteiger partial charge in [0.15, 0.2) is 0 Å². The fourth-order valence-corrected chi connectivity index (χ4v) is 2.89. The lowest BCUT2D eigenvalue weighted by atomic mass is 10.0. The Kier molecular flexibility index (Phi) is 4.72. The van der Waals surface area contributed by atoms with Crippen LogP contribution in [0, 0.1) is 0 Å². The Bertz CT molecular complexity index is 486. The van der Waals surface area contributed by atoms with Gasteiger partial charge in [0.05, 0.1) is 13.2 Å². The molecule has 2 heterocycles. The second kappa shape index (κ2) is 6.91. The Balaban J connectivity index is 1.50. The molecule has 5 nitrogen and oxygen atoms in total. The second-order valence-electron chi connectivity index (χ2n) is 5.56. The minimum atomic E-state index is 0.0610. The fourth-order valence-electron chi connectivity index (χ4n) is 2.89. The molecule has 0 radical (unpaired) electrons. The number of rotatable bonds is 4.